The Bertz CT molecular complexity index is 824. The number of aromatic amines is 1. The quantitative estimate of drug-likeness (QED) is 0.893. The average Bonchev–Trinajstić information content (AvgIpc) is 3.22. The molecule has 2 aromatic rings. The number of carbonyl (C=O) groups excluding carboxylic acids is 1. The van der Waals surface area contributed by atoms with Crippen molar-refractivity contribution >= 4 is 5.91 Å². The molecule has 2 heterocycles. The molecule has 1 aromatic carbocycles. The van der Waals surface area contributed by atoms with E-state index in [4.69, 9.17) is 9.47 Å². The Hall–Kier alpha value is -2.50. The van der Waals surface area contributed by atoms with Gasteiger partial charge in [0.2, 0.25) is 0 Å². The zero-order valence-electron chi connectivity index (χ0n) is 16.1. The lowest BCUT2D eigenvalue weighted by Crippen LogP contribution is -2.36. The van der Waals surface area contributed by atoms with E-state index in [1.54, 1.807) is 20.4 Å². The highest BCUT2D eigenvalue weighted by atomic mass is 16.5. The van der Waals surface area contributed by atoms with E-state index in [1.807, 2.05) is 17.0 Å². The minimum Gasteiger partial charge on any atom is -0.493 e. The fourth-order valence-electron chi connectivity index (χ4n) is 4.40. The molecule has 1 aliphatic carbocycles. The summed E-state index contributed by atoms with van der Waals surface area (Å²) in [5.41, 5.74) is 4.11. The highest BCUT2D eigenvalue weighted by molar-refractivity contribution is 5.95. The molecule has 6 heteroatoms. The molecule has 1 fully saturated rings. The van der Waals surface area contributed by atoms with Gasteiger partial charge in [-0.25, -0.2) is 0 Å². The van der Waals surface area contributed by atoms with Crippen LogP contribution >= 0.6 is 0 Å². The van der Waals surface area contributed by atoms with Gasteiger partial charge in [0.1, 0.15) is 0 Å². The van der Waals surface area contributed by atoms with Crippen LogP contribution in [0.2, 0.25) is 0 Å². The Balaban J connectivity index is 1.56. The first-order valence-corrected chi connectivity index (χ1v) is 9.77. The zero-order valence-corrected chi connectivity index (χ0v) is 16.1. The summed E-state index contributed by atoms with van der Waals surface area (Å²) in [7, 11) is 3.28. The highest BCUT2D eigenvalue weighted by Crippen LogP contribution is 2.35. The number of benzene rings is 1. The monoisotopic (exact) mass is 369 g/mol. The third-order valence-electron chi connectivity index (χ3n) is 5.92. The molecule has 4 rings (SSSR count). The lowest BCUT2D eigenvalue weighted by molar-refractivity contribution is 0.0732. The molecule has 1 N–H and O–H groups in total. The van der Waals surface area contributed by atoms with Gasteiger partial charge in [0.15, 0.2) is 11.5 Å². The van der Waals surface area contributed by atoms with Gasteiger partial charge in [0.05, 0.1) is 31.7 Å². The number of amides is 1. The topological polar surface area (TPSA) is 67.5 Å². The van der Waals surface area contributed by atoms with Gasteiger partial charge in [-0.3, -0.25) is 9.89 Å². The second kappa shape index (κ2) is 7.62. The summed E-state index contributed by atoms with van der Waals surface area (Å²) < 4.78 is 10.8. The number of carbonyl (C=O) groups is 1. The standard InChI is InChI=1S/C21H27N3O3/c1-26-18-10-15-8-9-24(13-16(15)11-19(18)27-2)21(25)17-12-22-23-20(17)14-6-4-3-5-7-14/h10-12,14H,3-9,13H2,1-2H3,(H,22,23). The largest absolute Gasteiger partial charge is 0.493 e. The smallest absolute Gasteiger partial charge is 0.257 e. The molecule has 0 atom stereocenters. The van der Waals surface area contributed by atoms with Gasteiger partial charge in [-0.1, -0.05) is 19.3 Å². The number of rotatable bonds is 4. The van der Waals surface area contributed by atoms with Crippen molar-refractivity contribution in [2.45, 2.75) is 51.0 Å². The normalized spacial score (nSPS) is 17.5. The summed E-state index contributed by atoms with van der Waals surface area (Å²) in [5.74, 6) is 1.95. The molecule has 2 aliphatic rings. The van der Waals surface area contributed by atoms with Crippen molar-refractivity contribution in [3.05, 3.63) is 40.7 Å². The van der Waals surface area contributed by atoms with Crippen LogP contribution < -0.4 is 9.47 Å². The lowest BCUT2D eigenvalue weighted by atomic mass is 9.85. The van der Waals surface area contributed by atoms with E-state index in [-0.39, 0.29) is 5.91 Å². The molecule has 1 aromatic heterocycles. The molecular weight excluding hydrogens is 342 g/mol. The van der Waals surface area contributed by atoms with Gasteiger partial charge >= 0.3 is 0 Å². The van der Waals surface area contributed by atoms with Crippen LogP contribution in [0.1, 0.15) is 65.2 Å². The number of ether oxygens (including phenoxy) is 2. The minimum atomic E-state index is 0.0739. The van der Waals surface area contributed by atoms with Gasteiger partial charge < -0.3 is 14.4 Å². The summed E-state index contributed by atoms with van der Waals surface area (Å²) in [5, 5.41) is 7.31. The molecule has 0 saturated heterocycles. The Labute approximate surface area is 159 Å². The zero-order chi connectivity index (χ0) is 18.8. The third kappa shape index (κ3) is 3.40. The number of nitrogens with zero attached hydrogens (tertiary/aromatic N) is 2. The van der Waals surface area contributed by atoms with Crippen molar-refractivity contribution in [1.82, 2.24) is 15.1 Å². The Morgan fingerprint density at radius 1 is 1.11 bits per heavy atom. The fraction of sp³-hybridized carbons (Fsp3) is 0.524. The van der Waals surface area contributed by atoms with Crippen LogP contribution in [0.5, 0.6) is 11.5 Å². The van der Waals surface area contributed by atoms with Gasteiger partial charge in [-0.2, -0.15) is 5.10 Å². The van der Waals surface area contributed by atoms with Gasteiger partial charge in [0, 0.05) is 19.0 Å². The van der Waals surface area contributed by atoms with Crippen LogP contribution in [-0.4, -0.2) is 41.8 Å². The first kappa shape index (κ1) is 17.9. The summed E-state index contributed by atoms with van der Waals surface area (Å²) in [6, 6.07) is 4.02. The number of hydrogen-bond acceptors (Lipinski definition) is 4. The Morgan fingerprint density at radius 3 is 2.52 bits per heavy atom. The van der Waals surface area contributed by atoms with Crippen molar-refractivity contribution in [1.29, 1.82) is 0 Å². The van der Waals surface area contributed by atoms with Crippen LogP contribution in [0.3, 0.4) is 0 Å². The first-order valence-electron chi connectivity index (χ1n) is 9.77. The Kier molecular flexibility index (Phi) is 5.05. The minimum absolute atomic E-state index is 0.0739. The molecule has 0 unspecified atom stereocenters. The van der Waals surface area contributed by atoms with Crippen LogP contribution in [0.4, 0.5) is 0 Å². The average molecular weight is 369 g/mol. The molecule has 1 amide bonds. The van der Waals surface area contributed by atoms with Gasteiger partial charge in [0.25, 0.3) is 5.91 Å². The predicted molar refractivity (Wildman–Crippen MR) is 102 cm³/mol. The maximum atomic E-state index is 13.2. The highest BCUT2D eigenvalue weighted by Gasteiger charge is 2.28. The van der Waals surface area contributed by atoms with E-state index in [1.165, 1.54) is 24.8 Å². The van der Waals surface area contributed by atoms with Crippen molar-refractivity contribution in [2.75, 3.05) is 20.8 Å². The second-order valence-corrected chi connectivity index (χ2v) is 7.48. The van der Waals surface area contributed by atoms with E-state index in [9.17, 15) is 4.79 Å². The van der Waals surface area contributed by atoms with E-state index in [0.717, 1.165) is 41.8 Å². The van der Waals surface area contributed by atoms with Crippen LogP contribution in [0.15, 0.2) is 18.3 Å². The van der Waals surface area contributed by atoms with Crippen LogP contribution in [-0.2, 0) is 13.0 Å². The summed E-state index contributed by atoms with van der Waals surface area (Å²) in [6.45, 7) is 1.29. The van der Waals surface area contributed by atoms with Gasteiger partial charge in [-0.05, 0) is 42.5 Å². The van der Waals surface area contributed by atoms with Crippen molar-refractivity contribution in [3.63, 3.8) is 0 Å². The number of H-pyrrole nitrogens is 1. The first-order chi connectivity index (χ1) is 13.2. The molecule has 1 aliphatic heterocycles. The summed E-state index contributed by atoms with van der Waals surface area (Å²) >= 11 is 0. The van der Waals surface area contributed by atoms with E-state index < -0.39 is 0 Å². The molecule has 1 saturated carbocycles. The molecule has 6 nitrogen and oxygen atoms in total. The third-order valence-corrected chi connectivity index (χ3v) is 5.92. The van der Waals surface area contributed by atoms with Crippen molar-refractivity contribution in [3.8, 4) is 11.5 Å². The number of fused-ring (bicyclic) bond motifs is 1. The molecular formula is C21H27N3O3. The van der Waals surface area contributed by atoms with Crippen molar-refractivity contribution in [2.24, 2.45) is 0 Å². The SMILES string of the molecule is COc1cc2c(cc1OC)CN(C(=O)c1cn[nH]c1C1CCCCC1)CC2. The second-order valence-electron chi connectivity index (χ2n) is 7.48. The van der Waals surface area contributed by atoms with Crippen LogP contribution in [0, 0.1) is 0 Å². The predicted octanol–water partition coefficient (Wildman–Crippen LogP) is 3.67. The number of hydrogen-bond donors (Lipinski definition) is 1. The van der Waals surface area contributed by atoms with E-state index in [2.05, 4.69) is 10.2 Å². The molecule has 0 bridgehead atoms. The maximum Gasteiger partial charge on any atom is 0.257 e. The molecule has 0 radical (unpaired) electrons. The maximum absolute atomic E-state index is 13.2. The summed E-state index contributed by atoms with van der Waals surface area (Å²) in [6.07, 6.45) is 8.56. The van der Waals surface area contributed by atoms with E-state index >= 15 is 0 Å². The van der Waals surface area contributed by atoms with E-state index in [0.29, 0.717) is 24.8 Å². The molecule has 0 spiro atoms. The fourth-order valence-corrected chi connectivity index (χ4v) is 4.40. The Morgan fingerprint density at radius 2 is 1.81 bits per heavy atom. The van der Waals surface area contributed by atoms with Gasteiger partial charge in [-0.15, -0.1) is 0 Å². The lowest BCUT2D eigenvalue weighted by Gasteiger charge is -2.30. The number of methoxy groups -OCH3 is 2. The van der Waals surface area contributed by atoms with Crippen molar-refractivity contribution < 1.29 is 14.3 Å². The number of nitrogens with one attached hydrogen (secondary N) is 1. The summed E-state index contributed by atoms with van der Waals surface area (Å²) in [4.78, 5) is 15.1. The molecule has 144 valence electrons. The number of aromatic nitrogens is 2. The van der Waals surface area contributed by atoms with Crippen LogP contribution in [0.25, 0.3) is 0 Å². The molecule has 27 heavy (non-hydrogen) atoms.